The maximum absolute atomic E-state index is 13.8. The van der Waals surface area contributed by atoms with Crippen LogP contribution >= 0.6 is 0 Å². The number of carbonyl (C=O) groups excluding carboxylic acids is 1. The van der Waals surface area contributed by atoms with Crippen molar-refractivity contribution in [2.45, 2.75) is 72.4 Å². The van der Waals surface area contributed by atoms with Crippen molar-refractivity contribution >= 4 is 16.9 Å². The third-order valence-corrected chi connectivity index (χ3v) is 6.70. The SMILES string of the molecule is CCCCCOc1ccc(C2c3c(oc4ccc(C)cc4c3=O)C(=O)N2CCCOC(C)C)cc1OCC. The number of ether oxygens (including phenoxy) is 3. The van der Waals surface area contributed by atoms with Gasteiger partial charge in [-0.3, -0.25) is 9.59 Å². The molecule has 2 heterocycles. The molecule has 0 aliphatic carbocycles. The highest BCUT2D eigenvalue weighted by Crippen LogP contribution is 2.41. The number of hydrogen-bond acceptors (Lipinski definition) is 6. The van der Waals surface area contributed by atoms with Crippen molar-refractivity contribution in [3.05, 3.63) is 69.1 Å². The number of benzene rings is 2. The van der Waals surface area contributed by atoms with Gasteiger partial charge in [0.05, 0.1) is 36.3 Å². The Morgan fingerprint density at radius 3 is 2.50 bits per heavy atom. The third-order valence-electron chi connectivity index (χ3n) is 6.70. The summed E-state index contributed by atoms with van der Waals surface area (Å²) in [6, 6.07) is 10.6. The number of aryl methyl sites for hydroxylation is 1. The molecule has 204 valence electrons. The van der Waals surface area contributed by atoms with Gasteiger partial charge in [-0.05, 0) is 70.4 Å². The maximum Gasteiger partial charge on any atom is 0.290 e. The van der Waals surface area contributed by atoms with E-state index in [0.29, 0.717) is 60.8 Å². The fourth-order valence-electron chi connectivity index (χ4n) is 4.88. The molecule has 0 fully saturated rings. The summed E-state index contributed by atoms with van der Waals surface area (Å²) in [5, 5.41) is 0.479. The molecule has 3 aromatic rings. The van der Waals surface area contributed by atoms with Gasteiger partial charge in [-0.1, -0.05) is 37.5 Å². The molecule has 7 heteroatoms. The molecule has 2 aromatic carbocycles. The van der Waals surface area contributed by atoms with Crippen molar-refractivity contribution in [1.29, 1.82) is 0 Å². The van der Waals surface area contributed by atoms with Crippen LogP contribution in [0, 0.1) is 6.92 Å². The smallest absolute Gasteiger partial charge is 0.290 e. The minimum absolute atomic E-state index is 0.104. The number of nitrogens with zero attached hydrogens (tertiary/aromatic N) is 1. The lowest BCUT2D eigenvalue weighted by Crippen LogP contribution is -2.31. The Morgan fingerprint density at radius 1 is 0.947 bits per heavy atom. The Hall–Kier alpha value is -3.32. The summed E-state index contributed by atoms with van der Waals surface area (Å²) in [5.41, 5.74) is 2.35. The highest BCUT2D eigenvalue weighted by molar-refractivity contribution is 5.99. The molecule has 0 saturated carbocycles. The van der Waals surface area contributed by atoms with Crippen molar-refractivity contribution in [1.82, 2.24) is 4.90 Å². The van der Waals surface area contributed by atoms with Gasteiger partial charge in [0, 0.05) is 13.2 Å². The number of fused-ring (bicyclic) bond motifs is 2. The molecule has 4 rings (SSSR count). The zero-order valence-electron chi connectivity index (χ0n) is 23.2. The number of carbonyl (C=O) groups is 1. The average molecular weight is 522 g/mol. The normalized spacial score (nSPS) is 14.9. The van der Waals surface area contributed by atoms with E-state index < -0.39 is 6.04 Å². The lowest BCUT2D eigenvalue weighted by molar-refractivity contribution is 0.0593. The van der Waals surface area contributed by atoms with Crippen molar-refractivity contribution < 1.29 is 23.4 Å². The fourth-order valence-corrected chi connectivity index (χ4v) is 4.88. The largest absolute Gasteiger partial charge is 0.490 e. The Morgan fingerprint density at radius 2 is 1.76 bits per heavy atom. The molecule has 1 amide bonds. The van der Waals surface area contributed by atoms with Crippen LogP contribution in [0.5, 0.6) is 11.5 Å². The van der Waals surface area contributed by atoms with Crippen LogP contribution in [-0.4, -0.2) is 43.3 Å². The molecule has 7 nitrogen and oxygen atoms in total. The first-order valence-electron chi connectivity index (χ1n) is 13.7. The number of unbranched alkanes of at least 4 members (excludes halogenated alkanes) is 2. The van der Waals surface area contributed by atoms with Crippen LogP contribution in [0.15, 0.2) is 45.6 Å². The zero-order valence-corrected chi connectivity index (χ0v) is 23.2. The zero-order chi connectivity index (χ0) is 27.2. The van der Waals surface area contributed by atoms with E-state index in [1.54, 1.807) is 11.0 Å². The second-order valence-corrected chi connectivity index (χ2v) is 10.0. The standard InChI is InChI=1S/C31H39NO6/c1-6-8-9-16-37-25-14-12-22(19-26(25)35-7-2)28-27-29(33)23-18-21(5)11-13-24(23)38-30(27)31(34)32(28)15-10-17-36-20(3)4/h11-14,18-20,28H,6-10,15-17H2,1-5H3. The van der Waals surface area contributed by atoms with Crippen LogP contribution in [0.25, 0.3) is 11.0 Å². The van der Waals surface area contributed by atoms with E-state index in [4.69, 9.17) is 18.6 Å². The highest BCUT2D eigenvalue weighted by atomic mass is 16.5. The molecule has 1 atom stereocenters. The highest BCUT2D eigenvalue weighted by Gasteiger charge is 2.42. The van der Waals surface area contributed by atoms with Gasteiger partial charge in [0.2, 0.25) is 5.76 Å². The summed E-state index contributed by atoms with van der Waals surface area (Å²) < 4.78 is 23.8. The molecule has 1 aromatic heterocycles. The van der Waals surface area contributed by atoms with Crippen molar-refractivity contribution in [3.63, 3.8) is 0 Å². The molecular formula is C31H39NO6. The molecule has 0 radical (unpaired) electrons. The summed E-state index contributed by atoms with van der Waals surface area (Å²) in [6.45, 7) is 12.0. The minimum Gasteiger partial charge on any atom is -0.490 e. The molecule has 0 saturated heterocycles. The molecule has 1 aliphatic heterocycles. The predicted molar refractivity (Wildman–Crippen MR) is 148 cm³/mol. The quantitative estimate of drug-likeness (QED) is 0.241. The van der Waals surface area contributed by atoms with Crippen LogP contribution in [0.2, 0.25) is 0 Å². The van der Waals surface area contributed by atoms with Gasteiger partial charge in [-0.25, -0.2) is 0 Å². The van der Waals surface area contributed by atoms with E-state index in [9.17, 15) is 9.59 Å². The second kappa shape index (κ2) is 12.5. The summed E-state index contributed by atoms with van der Waals surface area (Å²) in [5.74, 6) is 1.09. The maximum atomic E-state index is 13.8. The molecule has 1 aliphatic rings. The van der Waals surface area contributed by atoms with Crippen LogP contribution in [0.4, 0.5) is 0 Å². The molecule has 1 unspecified atom stereocenters. The van der Waals surface area contributed by atoms with E-state index in [-0.39, 0.29) is 23.2 Å². The summed E-state index contributed by atoms with van der Waals surface area (Å²) in [7, 11) is 0. The van der Waals surface area contributed by atoms with Gasteiger partial charge in [0.15, 0.2) is 16.9 Å². The monoisotopic (exact) mass is 521 g/mol. The Balaban J connectivity index is 1.77. The lowest BCUT2D eigenvalue weighted by atomic mass is 9.97. The van der Waals surface area contributed by atoms with Gasteiger partial charge < -0.3 is 23.5 Å². The van der Waals surface area contributed by atoms with Gasteiger partial charge in [0.25, 0.3) is 5.91 Å². The van der Waals surface area contributed by atoms with Gasteiger partial charge in [-0.2, -0.15) is 0 Å². The first-order chi connectivity index (χ1) is 18.3. The number of rotatable bonds is 13. The summed E-state index contributed by atoms with van der Waals surface area (Å²) in [4.78, 5) is 29.2. The van der Waals surface area contributed by atoms with Crippen molar-refractivity contribution in [2.75, 3.05) is 26.4 Å². The topological polar surface area (TPSA) is 78.2 Å². The van der Waals surface area contributed by atoms with Gasteiger partial charge in [0.1, 0.15) is 5.58 Å². The molecule has 38 heavy (non-hydrogen) atoms. The summed E-state index contributed by atoms with van der Waals surface area (Å²) in [6.07, 6.45) is 3.92. The van der Waals surface area contributed by atoms with E-state index >= 15 is 0 Å². The van der Waals surface area contributed by atoms with Crippen LogP contribution in [0.1, 0.15) is 86.7 Å². The Labute approximate surface area is 224 Å². The first-order valence-corrected chi connectivity index (χ1v) is 13.7. The van der Waals surface area contributed by atoms with Crippen molar-refractivity contribution in [2.24, 2.45) is 0 Å². The van der Waals surface area contributed by atoms with E-state index in [2.05, 4.69) is 6.92 Å². The first kappa shape index (κ1) is 27.7. The van der Waals surface area contributed by atoms with Gasteiger partial charge in [-0.15, -0.1) is 0 Å². The van der Waals surface area contributed by atoms with E-state index in [1.807, 2.05) is 58.0 Å². The molecular weight excluding hydrogens is 482 g/mol. The van der Waals surface area contributed by atoms with E-state index in [0.717, 1.165) is 30.4 Å². The Kier molecular flexibility index (Phi) is 9.10. The van der Waals surface area contributed by atoms with Crippen LogP contribution in [0.3, 0.4) is 0 Å². The molecule has 0 spiro atoms. The fraction of sp³-hybridized carbons (Fsp3) is 0.484. The van der Waals surface area contributed by atoms with Crippen LogP contribution < -0.4 is 14.9 Å². The van der Waals surface area contributed by atoms with E-state index in [1.165, 1.54) is 0 Å². The lowest BCUT2D eigenvalue weighted by Gasteiger charge is -2.26. The second-order valence-electron chi connectivity index (χ2n) is 10.0. The number of hydrogen-bond donors (Lipinski definition) is 0. The minimum atomic E-state index is -0.592. The Bertz CT molecular complexity index is 1330. The molecule has 0 N–H and O–H groups in total. The third kappa shape index (κ3) is 5.88. The number of amides is 1. The van der Waals surface area contributed by atoms with Crippen molar-refractivity contribution in [3.8, 4) is 11.5 Å². The van der Waals surface area contributed by atoms with Crippen LogP contribution in [-0.2, 0) is 4.74 Å². The van der Waals surface area contributed by atoms with Gasteiger partial charge >= 0.3 is 0 Å². The molecule has 0 bridgehead atoms. The average Bonchev–Trinajstić information content (AvgIpc) is 3.17. The predicted octanol–water partition coefficient (Wildman–Crippen LogP) is 6.43. The summed E-state index contributed by atoms with van der Waals surface area (Å²) >= 11 is 0.